The molecule has 3 heteroatoms. The van der Waals surface area contributed by atoms with E-state index in [4.69, 9.17) is 5.26 Å². The van der Waals surface area contributed by atoms with E-state index in [2.05, 4.69) is 28.1 Å². The molecule has 1 aromatic carbocycles. The van der Waals surface area contributed by atoms with Crippen molar-refractivity contribution in [3.63, 3.8) is 0 Å². The number of hydrogen-bond donors (Lipinski definition) is 0. The molecular formula is C11H6BrNS. The van der Waals surface area contributed by atoms with Crippen LogP contribution in [0.15, 0.2) is 40.2 Å². The number of nitriles is 1. The number of nitrogens with zero attached hydrogens (tertiary/aromatic N) is 1. The van der Waals surface area contributed by atoms with E-state index in [1.54, 1.807) is 11.3 Å². The van der Waals surface area contributed by atoms with Gasteiger partial charge >= 0.3 is 0 Å². The first-order valence-corrected chi connectivity index (χ1v) is 5.71. The quantitative estimate of drug-likeness (QED) is 0.762. The highest BCUT2D eigenvalue weighted by molar-refractivity contribution is 9.10. The van der Waals surface area contributed by atoms with E-state index in [0.29, 0.717) is 5.56 Å². The number of halogens is 1. The average Bonchev–Trinajstić information content (AvgIpc) is 2.65. The lowest BCUT2D eigenvalue weighted by Gasteiger charge is -1.95. The molecular weight excluding hydrogens is 258 g/mol. The third-order valence-electron chi connectivity index (χ3n) is 1.87. The lowest BCUT2D eigenvalue weighted by molar-refractivity contribution is 1.49. The first kappa shape index (κ1) is 9.45. The van der Waals surface area contributed by atoms with Gasteiger partial charge in [-0.1, -0.05) is 12.1 Å². The molecule has 0 saturated heterocycles. The smallest absolute Gasteiger partial charge is 0.0991 e. The van der Waals surface area contributed by atoms with Crippen LogP contribution in [0.1, 0.15) is 5.56 Å². The molecule has 0 radical (unpaired) electrons. The lowest BCUT2D eigenvalue weighted by Crippen LogP contribution is -1.74. The zero-order chi connectivity index (χ0) is 9.97. The molecule has 68 valence electrons. The van der Waals surface area contributed by atoms with E-state index in [-0.39, 0.29) is 0 Å². The molecule has 0 spiro atoms. The SMILES string of the molecule is N#Cc1ccc(-c2cc(Br)cs2)cc1. The second-order valence-corrected chi connectivity index (χ2v) is 4.65. The van der Waals surface area contributed by atoms with E-state index in [1.165, 1.54) is 4.88 Å². The second kappa shape index (κ2) is 3.95. The summed E-state index contributed by atoms with van der Waals surface area (Å²) in [5.74, 6) is 0. The maximum absolute atomic E-state index is 8.65. The van der Waals surface area contributed by atoms with E-state index in [1.807, 2.05) is 29.6 Å². The predicted molar refractivity (Wildman–Crippen MR) is 62.2 cm³/mol. The van der Waals surface area contributed by atoms with Gasteiger partial charge in [-0.25, -0.2) is 0 Å². The fourth-order valence-electron chi connectivity index (χ4n) is 1.17. The van der Waals surface area contributed by atoms with E-state index >= 15 is 0 Å². The van der Waals surface area contributed by atoms with E-state index < -0.39 is 0 Å². The number of benzene rings is 1. The summed E-state index contributed by atoms with van der Waals surface area (Å²) in [6, 6.07) is 11.8. The molecule has 2 rings (SSSR count). The average molecular weight is 264 g/mol. The van der Waals surface area contributed by atoms with Gasteiger partial charge in [0.15, 0.2) is 0 Å². The summed E-state index contributed by atoms with van der Waals surface area (Å²) in [6.07, 6.45) is 0. The van der Waals surface area contributed by atoms with Gasteiger partial charge in [-0.2, -0.15) is 5.26 Å². The molecule has 1 nitrogen and oxygen atoms in total. The number of hydrogen-bond acceptors (Lipinski definition) is 2. The van der Waals surface area contributed by atoms with Crippen LogP contribution in [-0.2, 0) is 0 Å². The Hall–Kier alpha value is -1.11. The van der Waals surface area contributed by atoms with Gasteiger partial charge in [0.05, 0.1) is 11.6 Å². The maximum atomic E-state index is 8.65. The molecule has 1 aromatic heterocycles. The van der Waals surface area contributed by atoms with Crippen molar-refractivity contribution in [1.82, 2.24) is 0 Å². The Kier molecular flexibility index (Phi) is 2.67. The van der Waals surface area contributed by atoms with Crippen molar-refractivity contribution >= 4 is 27.3 Å². The first-order chi connectivity index (χ1) is 6.79. The van der Waals surface area contributed by atoms with Crippen LogP contribution in [-0.4, -0.2) is 0 Å². The minimum absolute atomic E-state index is 0.698. The topological polar surface area (TPSA) is 23.8 Å². The second-order valence-electron chi connectivity index (χ2n) is 2.82. The molecule has 0 saturated carbocycles. The van der Waals surface area contributed by atoms with Crippen molar-refractivity contribution in [3.8, 4) is 16.5 Å². The van der Waals surface area contributed by atoms with Crippen LogP contribution in [0.3, 0.4) is 0 Å². The van der Waals surface area contributed by atoms with Gasteiger partial charge in [-0.05, 0) is 39.7 Å². The van der Waals surface area contributed by atoms with Crippen molar-refractivity contribution in [2.45, 2.75) is 0 Å². The van der Waals surface area contributed by atoms with Crippen LogP contribution in [0, 0.1) is 11.3 Å². The van der Waals surface area contributed by atoms with Gasteiger partial charge in [-0.15, -0.1) is 11.3 Å². The minimum Gasteiger partial charge on any atom is -0.192 e. The molecule has 0 aliphatic heterocycles. The van der Waals surface area contributed by atoms with Crippen LogP contribution in [0.4, 0.5) is 0 Å². The first-order valence-electron chi connectivity index (χ1n) is 4.04. The van der Waals surface area contributed by atoms with Crippen molar-refractivity contribution in [1.29, 1.82) is 5.26 Å². The Morgan fingerprint density at radius 3 is 2.43 bits per heavy atom. The molecule has 14 heavy (non-hydrogen) atoms. The Bertz CT molecular complexity index is 479. The fraction of sp³-hybridized carbons (Fsp3) is 0. The lowest BCUT2D eigenvalue weighted by atomic mass is 10.1. The Balaban J connectivity index is 2.39. The highest BCUT2D eigenvalue weighted by Crippen LogP contribution is 2.29. The van der Waals surface area contributed by atoms with E-state index in [0.717, 1.165) is 10.0 Å². The molecule has 0 N–H and O–H groups in total. The Morgan fingerprint density at radius 2 is 1.93 bits per heavy atom. The molecule has 0 aliphatic rings. The van der Waals surface area contributed by atoms with Crippen molar-refractivity contribution in [2.75, 3.05) is 0 Å². The molecule has 0 bridgehead atoms. The molecule has 0 fully saturated rings. The normalized spacial score (nSPS) is 9.71. The Morgan fingerprint density at radius 1 is 1.21 bits per heavy atom. The van der Waals surface area contributed by atoms with Crippen molar-refractivity contribution < 1.29 is 0 Å². The monoisotopic (exact) mass is 263 g/mol. The van der Waals surface area contributed by atoms with Crippen LogP contribution in [0.2, 0.25) is 0 Å². The summed E-state index contributed by atoms with van der Waals surface area (Å²) < 4.78 is 1.10. The highest BCUT2D eigenvalue weighted by Gasteiger charge is 2.00. The van der Waals surface area contributed by atoms with Crippen LogP contribution in [0.25, 0.3) is 10.4 Å². The van der Waals surface area contributed by atoms with Gasteiger partial charge < -0.3 is 0 Å². The van der Waals surface area contributed by atoms with Gasteiger partial charge in [0, 0.05) is 14.7 Å². The fourth-order valence-corrected chi connectivity index (χ4v) is 2.61. The zero-order valence-electron chi connectivity index (χ0n) is 7.20. The summed E-state index contributed by atoms with van der Waals surface area (Å²) >= 11 is 5.10. The van der Waals surface area contributed by atoms with Crippen molar-refractivity contribution in [3.05, 3.63) is 45.7 Å². The van der Waals surface area contributed by atoms with Crippen LogP contribution >= 0.6 is 27.3 Å². The molecule has 0 unspecified atom stereocenters. The summed E-state index contributed by atoms with van der Waals surface area (Å²) in [5.41, 5.74) is 1.85. The molecule has 2 aromatic rings. The molecule has 0 amide bonds. The van der Waals surface area contributed by atoms with Crippen LogP contribution in [0.5, 0.6) is 0 Å². The van der Waals surface area contributed by atoms with Crippen molar-refractivity contribution in [2.24, 2.45) is 0 Å². The van der Waals surface area contributed by atoms with E-state index in [9.17, 15) is 0 Å². The molecule has 0 aliphatic carbocycles. The summed E-state index contributed by atoms with van der Waals surface area (Å²) in [7, 11) is 0. The Labute approximate surface area is 94.8 Å². The number of thiophene rings is 1. The van der Waals surface area contributed by atoms with Gasteiger partial charge in [0.1, 0.15) is 0 Å². The summed E-state index contributed by atoms with van der Waals surface area (Å²) in [4.78, 5) is 1.21. The summed E-state index contributed by atoms with van der Waals surface area (Å²) in [6.45, 7) is 0. The van der Waals surface area contributed by atoms with Gasteiger partial charge in [0.2, 0.25) is 0 Å². The third-order valence-corrected chi connectivity index (χ3v) is 3.61. The molecule has 1 heterocycles. The van der Waals surface area contributed by atoms with Crippen LogP contribution < -0.4 is 0 Å². The minimum atomic E-state index is 0.698. The third kappa shape index (κ3) is 1.87. The van der Waals surface area contributed by atoms with Gasteiger partial charge in [-0.3, -0.25) is 0 Å². The molecule has 0 atom stereocenters. The zero-order valence-corrected chi connectivity index (χ0v) is 9.60. The highest BCUT2D eigenvalue weighted by atomic mass is 79.9. The maximum Gasteiger partial charge on any atom is 0.0991 e. The number of rotatable bonds is 1. The predicted octanol–water partition coefficient (Wildman–Crippen LogP) is 4.05. The summed E-state index contributed by atoms with van der Waals surface area (Å²) in [5, 5.41) is 10.7. The standard InChI is InChI=1S/C11H6BrNS/c12-10-5-11(14-7-10)9-3-1-8(6-13)2-4-9/h1-5,7H. The van der Waals surface area contributed by atoms with Gasteiger partial charge in [0.25, 0.3) is 0 Å². The largest absolute Gasteiger partial charge is 0.192 e.